The lowest BCUT2D eigenvalue weighted by atomic mass is 9.96. The first kappa shape index (κ1) is 19.0. The number of nitrogens with one attached hydrogen (secondary N) is 2. The van der Waals surface area contributed by atoms with Crippen LogP contribution in [0.25, 0.3) is 0 Å². The molecule has 0 aromatic carbocycles. The van der Waals surface area contributed by atoms with E-state index in [1.165, 1.54) is 32.1 Å². The number of hydrogen-bond acceptors (Lipinski definition) is 4. The van der Waals surface area contributed by atoms with E-state index in [1.54, 1.807) is 19.0 Å². The molecule has 1 saturated carbocycles. The van der Waals surface area contributed by atoms with Gasteiger partial charge in [0.25, 0.3) is 0 Å². The molecule has 7 heteroatoms. The second-order valence-electron chi connectivity index (χ2n) is 6.81. The average molecular weight is 339 g/mol. The van der Waals surface area contributed by atoms with Crippen LogP contribution in [-0.2, 0) is 9.53 Å². The molecule has 1 aliphatic carbocycles. The molecule has 138 valence electrons. The van der Waals surface area contributed by atoms with Crippen LogP contribution in [0.1, 0.15) is 32.1 Å². The molecule has 2 N–H and O–H groups in total. The summed E-state index contributed by atoms with van der Waals surface area (Å²) in [5.41, 5.74) is 0. The number of carbonyl (C=O) groups is 1. The van der Waals surface area contributed by atoms with Crippen molar-refractivity contribution < 1.29 is 9.53 Å². The minimum absolute atomic E-state index is 0.0212. The number of rotatable bonds is 6. The Balaban J connectivity index is 1.80. The second kappa shape index (κ2) is 10.5. The smallest absolute Gasteiger partial charge is 0.243 e. The fraction of sp³-hybridized carbons (Fsp3) is 0.882. The molecule has 1 amide bonds. The maximum Gasteiger partial charge on any atom is 0.243 e. The Morgan fingerprint density at radius 3 is 2.58 bits per heavy atom. The summed E-state index contributed by atoms with van der Waals surface area (Å²) in [6.45, 7) is 5.60. The zero-order valence-corrected chi connectivity index (χ0v) is 15.2. The molecular weight excluding hydrogens is 306 g/mol. The zero-order valence-electron chi connectivity index (χ0n) is 15.2. The third kappa shape index (κ3) is 7.05. The maximum atomic E-state index is 11.8. The lowest BCUT2D eigenvalue weighted by molar-refractivity contribution is -0.127. The van der Waals surface area contributed by atoms with Gasteiger partial charge in [0.05, 0.1) is 13.2 Å². The largest absolute Gasteiger partial charge is 0.379 e. The number of nitrogens with zero attached hydrogens (tertiary/aromatic N) is 3. The Labute approximate surface area is 145 Å². The standard InChI is InChI=1S/C17H33N5O2/c1-21(2)16(23)14-19-17(20-15-6-4-3-5-7-15)18-8-9-22-10-12-24-13-11-22/h15H,3-14H2,1-2H3,(H2,18,19,20). The molecule has 2 fully saturated rings. The fourth-order valence-corrected chi connectivity index (χ4v) is 3.04. The van der Waals surface area contributed by atoms with Gasteiger partial charge in [-0.1, -0.05) is 19.3 Å². The summed E-state index contributed by atoms with van der Waals surface area (Å²) in [7, 11) is 3.52. The number of aliphatic imine (C=N–C) groups is 1. The molecule has 0 aromatic heterocycles. The van der Waals surface area contributed by atoms with Gasteiger partial charge in [0.1, 0.15) is 6.54 Å². The van der Waals surface area contributed by atoms with E-state index in [0.29, 0.717) is 6.04 Å². The van der Waals surface area contributed by atoms with E-state index in [0.717, 1.165) is 45.4 Å². The molecule has 0 atom stereocenters. The summed E-state index contributed by atoms with van der Waals surface area (Å²) < 4.78 is 5.37. The van der Waals surface area contributed by atoms with Gasteiger partial charge in [0.15, 0.2) is 5.96 Å². The highest BCUT2D eigenvalue weighted by Gasteiger charge is 2.16. The number of amides is 1. The van der Waals surface area contributed by atoms with Crippen molar-refractivity contribution in [3.63, 3.8) is 0 Å². The number of guanidine groups is 1. The van der Waals surface area contributed by atoms with Crippen molar-refractivity contribution in [2.45, 2.75) is 38.1 Å². The monoisotopic (exact) mass is 339 g/mol. The molecule has 2 rings (SSSR count). The molecule has 24 heavy (non-hydrogen) atoms. The van der Waals surface area contributed by atoms with Crippen LogP contribution in [0.3, 0.4) is 0 Å². The van der Waals surface area contributed by atoms with E-state index in [-0.39, 0.29) is 12.5 Å². The van der Waals surface area contributed by atoms with E-state index in [1.807, 2.05) is 0 Å². The Kier molecular flexibility index (Phi) is 8.32. The number of carbonyl (C=O) groups excluding carboxylic acids is 1. The lowest BCUT2D eigenvalue weighted by Crippen LogP contribution is -2.48. The predicted molar refractivity (Wildman–Crippen MR) is 96.3 cm³/mol. The molecule has 0 unspecified atom stereocenters. The van der Waals surface area contributed by atoms with Gasteiger partial charge in [-0.05, 0) is 12.8 Å². The molecule has 0 bridgehead atoms. The van der Waals surface area contributed by atoms with Gasteiger partial charge in [-0.15, -0.1) is 0 Å². The summed E-state index contributed by atoms with van der Waals surface area (Å²) in [4.78, 5) is 20.3. The number of ether oxygens (including phenoxy) is 1. The van der Waals surface area contributed by atoms with Gasteiger partial charge in [0.2, 0.25) is 5.91 Å². The predicted octanol–water partition coefficient (Wildman–Crippen LogP) is 0.275. The van der Waals surface area contributed by atoms with Crippen molar-refractivity contribution in [3.05, 3.63) is 0 Å². The summed E-state index contributed by atoms with van der Waals surface area (Å²) in [5.74, 6) is 0.790. The number of morpholine rings is 1. The maximum absolute atomic E-state index is 11.8. The minimum Gasteiger partial charge on any atom is -0.379 e. The minimum atomic E-state index is 0.0212. The first-order chi connectivity index (χ1) is 11.6. The first-order valence-corrected chi connectivity index (χ1v) is 9.20. The SMILES string of the molecule is CN(C)C(=O)CN=C(NCCN1CCOCC1)NC1CCCCC1. The van der Waals surface area contributed by atoms with E-state index in [4.69, 9.17) is 4.74 Å². The van der Waals surface area contributed by atoms with Crippen molar-refractivity contribution in [2.24, 2.45) is 4.99 Å². The molecule has 2 aliphatic rings. The lowest BCUT2D eigenvalue weighted by Gasteiger charge is -2.28. The highest BCUT2D eigenvalue weighted by atomic mass is 16.5. The summed E-state index contributed by atoms with van der Waals surface area (Å²) in [6.07, 6.45) is 6.25. The number of hydrogen-bond donors (Lipinski definition) is 2. The number of likely N-dealkylation sites (N-methyl/N-ethyl adjacent to an activating group) is 1. The third-order valence-electron chi connectivity index (χ3n) is 4.64. The van der Waals surface area contributed by atoms with E-state index in [9.17, 15) is 4.79 Å². The zero-order chi connectivity index (χ0) is 17.2. The van der Waals surface area contributed by atoms with Crippen LogP contribution in [0.5, 0.6) is 0 Å². The second-order valence-corrected chi connectivity index (χ2v) is 6.81. The normalized spacial score (nSPS) is 20.7. The van der Waals surface area contributed by atoms with Crippen LogP contribution in [-0.4, -0.2) is 87.7 Å². The van der Waals surface area contributed by atoms with Crippen molar-refractivity contribution >= 4 is 11.9 Å². The van der Waals surface area contributed by atoms with Gasteiger partial charge in [0, 0.05) is 46.3 Å². The van der Waals surface area contributed by atoms with Crippen LogP contribution in [0.15, 0.2) is 4.99 Å². The Bertz CT molecular complexity index is 402. The van der Waals surface area contributed by atoms with Crippen LogP contribution in [0, 0.1) is 0 Å². The van der Waals surface area contributed by atoms with Crippen molar-refractivity contribution in [1.29, 1.82) is 0 Å². The summed E-state index contributed by atoms with van der Waals surface area (Å²) in [5, 5.41) is 6.91. The summed E-state index contributed by atoms with van der Waals surface area (Å²) in [6, 6.07) is 0.475. The van der Waals surface area contributed by atoms with Crippen molar-refractivity contribution in [2.75, 3.05) is 60.0 Å². The third-order valence-corrected chi connectivity index (χ3v) is 4.64. The van der Waals surface area contributed by atoms with E-state index >= 15 is 0 Å². The molecule has 1 saturated heterocycles. The van der Waals surface area contributed by atoms with Crippen LogP contribution in [0.2, 0.25) is 0 Å². The van der Waals surface area contributed by atoms with Crippen molar-refractivity contribution in [3.8, 4) is 0 Å². The molecule has 0 spiro atoms. The van der Waals surface area contributed by atoms with Crippen LogP contribution >= 0.6 is 0 Å². The Hall–Kier alpha value is -1.34. The highest BCUT2D eigenvalue weighted by molar-refractivity contribution is 5.84. The Morgan fingerprint density at radius 1 is 1.21 bits per heavy atom. The van der Waals surface area contributed by atoms with Gasteiger partial charge in [-0.25, -0.2) is 4.99 Å². The average Bonchev–Trinajstić information content (AvgIpc) is 2.61. The van der Waals surface area contributed by atoms with Gasteiger partial charge >= 0.3 is 0 Å². The topological polar surface area (TPSA) is 69.2 Å². The highest BCUT2D eigenvalue weighted by Crippen LogP contribution is 2.17. The van der Waals surface area contributed by atoms with Crippen LogP contribution in [0.4, 0.5) is 0 Å². The van der Waals surface area contributed by atoms with Crippen LogP contribution < -0.4 is 10.6 Å². The molecule has 0 aromatic rings. The first-order valence-electron chi connectivity index (χ1n) is 9.20. The molecule has 1 heterocycles. The summed E-state index contributed by atoms with van der Waals surface area (Å²) >= 11 is 0. The van der Waals surface area contributed by atoms with Gasteiger partial charge in [-0.2, -0.15) is 0 Å². The Morgan fingerprint density at radius 2 is 1.92 bits per heavy atom. The molecule has 1 aliphatic heterocycles. The quantitative estimate of drug-likeness (QED) is 0.537. The molecule has 0 radical (unpaired) electrons. The molecule has 7 nitrogen and oxygen atoms in total. The van der Waals surface area contributed by atoms with Gasteiger partial charge < -0.3 is 20.3 Å². The fourth-order valence-electron chi connectivity index (χ4n) is 3.04. The molecular formula is C17H33N5O2. The van der Waals surface area contributed by atoms with E-state index in [2.05, 4.69) is 20.5 Å². The van der Waals surface area contributed by atoms with Gasteiger partial charge in [-0.3, -0.25) is 9.69 Å². The van der Waals surface area contributed by atoms with E-state index < -0.39 is 0 Å². The van der Waals surface area contributed by atoms with Crippen molar-refractivity contribution in [1.82, 2.24) is 20.4 Å².